The summed E-state index contributed by atoms with van der Waals surface area (Å²) >= 11 is 7.16. The minimum atomic E-state index is -0.628. The highest BCUT2D eigenvalue weighted by atomic mass is 35.5. The van der Waals surface area contributed by atoms with Crippen LogP contribution in [0, 0.1) is 0 Å². The molecule has 6 nitrogen and oxygen atoms in total. The van der Waals surface area contributed by atoms with Crippen LogP contribution in [0.2, 0.25) is 5.02 Å². The zero-order valence-corrected chi connectivity index (χ0v) is 15.4. The van der Waals surface area contributed by atoms with Gasteiger partial charge in [0.05, 0.1) is 17.3 Å². The summed E-state index contributed by atoms with van der Waals surface area (Å²) in [5, 5.41) is 20.1. The fourth-order valence-corrected chi connectivity index (χ4v) is 3.45. The Labute approximate surface area is 162 Å². The highest BCUT2D eigenvalue weighted by Crippen LogP contribution is 2.29. The van der Waals surface area contributed by atoms with Crippen molar-refractivity contribution in [2.45, 2.75) is 0 Å². The number of hydrogen-bond donors (Lipinski definition) is 1. The monoisotopic (exact) mass is 397 g/mol. The van der Waals surface area contributed by atoms with Crippen molar-refractivity contribution in [2.24, 2.45) is 15.2 Å². The van der Waals surface area contributed by atoms with Gasteiger partial charge in [0.2, 0.25) is 5.17 Å². The van der Waals surface area contributed by atoms with Gasteiger partial charge in [-0.3, -0.25) is 0 Å². The number of aliphatic imine (C=N–C) groups is 1. The maximum atomic E-state index is 12.3. The van der Waals surface area contributed by atoms with Crippen molar-refractivity contribution in [1.29, 1.82) is 0 Å². The Bertz CT molecular complexity index is 1170. The van der Waals surface area contributed by atoms with Crippen molar-refractivity contribution in [3.05, 3.63) is 75.1 Å². The summed E-state index contributed by atoms with van der Waals surface area (Å²) in [6, 6.07) is 14.0. The molecule has 27 heavy (non-hydrogen) atoms. The summed E-state index contributed by atoms with van der Waals surface area (Å²) in [7, 11) is 0. The number of halogens is 1. The smallest absolute Gasteiger partial charge is 0.349 e. The van der Waals surface area contributed by atoms with Gasteiger partial charge in [-0.1, -0.05) is 47.6 Å². The topological polar surface area (TPSA) is 87.5 Å². The third-order valence-corrected chi connectivity index (χ3v) is 4.96. The fourth-order valence-electron chi connectivity index (χ4n) is 2.57. The summed E-state index contributed by atoms with van der Waals surface area (Å²) in [6.07, 6.45) is 1.58. The van der Waals surface area contributed by atoms with E-state index < -0.39 is 5.63 Å². The molecule has 0 spiro atoms. The maximum absolute atomic E-state index is 12.3. The molecule has 2 heterocycles. The molecule has 4 rings (SSSR count). The Balaban J connectivity index is 1.63. The standard InChI is InChI=1S/C19H12ClN3O3S/c20-12-7-5-11(6-8-12)9-21-23-19-22-14(10-27-19)16-17(24)13-3-1-2-4-15(13)26-18(16)25/h1-9,24H,10H2/b21-9-,23-19+. The van der Waals surface area contributed by atoms with E-state index in [0.717, 1.165) is 5.56 Å². The Morgan fingerprint density at radius 1 is 1.19 bits per heavy atom. The van der Waals surface area contributed by atoms with Gasteiger partial charge in [0.1, 0.15) is 16.9 Å². The highest BCUT2D eigenvalue weighted by Gasteiger charge is 2.24. The van der Waals surface area contributed by atoms with Crippen LogP contribution in [0.5, 0.6) is 5.75 Å². The van der Waals surface area contributed by atoms with Gasteiger partial charge in [-0.2, -0.15) is 5.10 Å². The molecule has 0 unspecified atom stereocenters. The molecule has 0 saturated heterocycles. The molecular weight excluding hydrogens is 386 g/mol. The molecule has 0 saturated carbocycles. The number of thioether (sulfide) groups is 1. The molecule has 0 radical (unpaired) electrons. The first-order valence-corrected chi connectivity index (χ1v) is 9.30. The maximum Gasteiger partial charge on any atom is 0.349 e. The van der Waals surface area contributed by atoms with Crippen molar-refractivity contribution in [2.75, 3.05) is 5.75 Å². The molecule has 1 aliphatic heterocycles. The van der Waals surface area contributed by atoms with Crippen molar-refractivity contribution in [1.82, 2.24) is 0 Å². The molecule has 0 amide bonds. The van der Waals surface area contributed by atoms with E-state index in [9.17, 15) is 9.90 Å². The van der Waals surface area contributed by atoms with E-state index in [0.29, 0.717) is 32.6 Å². The Kier molecular flexibility index (Phi) is 4.79. The van der Waals surface area contributed by atoms with Gasteiger partial charge in [0.15, 0.2) is 0 Å². The predicted molar refractivity (Wildman–Crippen MR) is 110 cm³/mol. The van der Waals surface area contributed by atoms with Gasteiger partial charge < -0.3 is 9.52 Å². The van der Waals surface area contributed by atoms with Crippen molar-refractivity contribution >= 4 is 51.4 Å². The first kappa shape index (κ1) is 17.5. The van der Waals surface area contributed by atoms with Crippen LogP contribution < -0.4 is 5.63 Å². The lowest BCUT2D eigenvalue weighted by atomic mass is 10.1. The van der Waals surface area contributed by atoms with Crippen LogP contribution >= 0.6 is 23.4 Å². The first-order valence-electron chi connectivity index (χ1n) is 7.94. The van der Waals surface area contributed by atoms with Crippen molar-refractivity contribution in [3.63, 3.8) is 0 Å². The largest absolute Gasteiger partial charge is 0.506 e. The number of benzene rings is 2. The quantitative estimate of drug-likeness (QED) is 0.410. The van der Waals surface area contributed by atoms with Crippen molar-refractivity contribution < 1.29 is 9.52 Å². The Morgan fingerprint density at radius 3 is 2.78 bits per heavy atom. The molecule has 2 aromatic carbocycles. The van der Waals surface area contributed by atoms with E-state index in [4.69, 9.17) is 16.0 Å². The second kappa shape index (κ2) is 7.38. The molecule has 0 aliphatic carbocycles. The summed E-state index contributed by atoms with van der Waals surface area (Å²) in [5.74, 6) is 0.262. The van der Waals surface area contributed by atoms with Crippen LogP contribution in [0.25, 0.3) is 11.0 Å². The summed E-state index contributed by atoms with van der Waals surface area (Å²) < 4.78 is 5.28. The summed E-state index contributed by atoms with van der Waals surface area (Å²) in [6.45, 7) is 0. The Morgan fingerprint density at radius 2 is 1.96 bits per heavy atom. The third kappa shape index (κ3) is 3.65. The number of aromatic hydroxyl groups is 1. The zero-order valence-electron chi connectivity index (χ0n) is 13.8. The van der Waals surface area contributed by atoms with Gasteiger partial charge in [0, 0.05) is 10.8 Å². The van der Waals surface area contributed by atoms with Crippen LogP contribution in [-0.2, 0) is 0 Å². The number of rotatable bonds is 3. The summed E-state index contributed by atoms with van der Waals surface area (Å²) in [5.41, 5.74) is 1.03. The van der Waals surface area contributed by atoms with E-state index >= 15 is 0 Å². The van der Waals surface area contributed by atoms with Crippen LogP contribution in [-0.4, -0.2) is 28.0 Å². The van der Waals surface area contributed by atoms with Crippen LogP contribution in [0.3, 0.4) is 0 Å². The number of fused-ring (bicyclic) bond motifs is 1. The lowest BCUT2D eigenvalue weighted by Gasteiger charge is -2.04. The first-order chi connectivity index (χ1) is 13.1. The Hall–Kier alpha value is -2.90. The van der Waals surface area contributed by atoms with Crippen LogP contribution in [0.1, 0.15) is 11.1 Å². The molecule has 0 fully saturated rings. The van der Waals surface area contributed by atoms with Gasteiger partial charge in [-0.15, -0.1) is 5.10 Å². The lowest BCUT2D eigenvalue weighted by Crippen LogP contribution is -2.15. The molecule has 1 N–H and O–H groups in total. The molecule has 134 valence electrons. The minimum Gasteiger partial charge on any atom is -0.506 e. The average molecular weight is 398 g/mol. The number of hydrogen-bond acceptors (Lipinski definition) is 6. The number of nitrogens with zero attached hydrogens (tertiary/aromatic N) is 3. The molecule has 1 aromatic heterocycles. The van der Waals surface area contributed by atoms with Crippen LogP contribution in [0.4, 0.5) is 0 Å². The zero-order chi connectivity index (χ0) is 18.8. The third-order valence-electron chi connectivity index (χ3n) is 3.86. The molecular formula is C19H12ClN3O3S. The molecule has 0 atom stereocenters. The van der Waals surface area contributed by atoms with Gasteiger partial charge in [-0.05, 0) is 29.8 Å². The van der Waals surface area contributed by atoms with Gasteiger partial charge in [0.25, 0.3) is 0 Å². The van der Waals surface area contributed by atoms with E-state index in [1.54, 1.807) is 42.6 Å². The SMILES string of the molecule is O=c1oc2ccccc2c(O)c1C1=N/C(=N\N=C/c2ccc(Cl)cc2)SC1. The predicted octanol–water partition coefficient (Wildman–Crippen LogP) is 4.08. The second-order valence-electron chi connectivity index (χ2n) is 5.64. The van der Waals surface area contributed by atoms with E-state index in [1.807, 2.05) is 12.1 Å². The summed E-state index contributed by atoms with van der Waals surface area (Å²) in [4.78, 5) is 16.6. The molecule has 1 aliphatic rings. The van der Waals surface area contributed by atoms with E-state index in [-0.39, 0.29) is 11.3 Å². The van der Waals surface area contributed by atoms with Gasteiger partial charge in [-0.25, -0.2) is 9.79 Å². The number of amidine groups is 1. The van der Waals surface area contributed by atoms with E-state index in [1.165, 1.54) is 11.8 Å². The second-order valence-corrected chi connectivity index (χ2v) is 7.01. The average Bonchev–Trinajstić information content (AvgIpc) is 3.12. The highest BCUT2D eigenvalue weighted by molar-refractivity contribution is 8.15. The lowest BCUT2D eigenvalue weighted by molar-refractivity contribution is 0.466. The normalized spacial score (nSPS) is 15.7. The molecule has 8 heteroatoms. The fraction of sp³-hybridized carbons (Fsp3) is 0.0526. The minimum absolute atomic E-state index is 0.0630. The van der Waals surface area contributed by atoms with Crippen LogP contribution in [0.15, 0.2) is 72.9 Å². The molecule has 3 aromatic rings. The van der Waals surface area contributed by atoms with Gasteiger partial charge >= 0.3 is 5.63 Å². The van der Waals surface area contributed by atoms with E-state index in [2.05, 4.69) is 15.2 Å². The van der Waals surface area contributed by atoms with Crippen molar-refractivity contribution in [3.8, 4) is 5.75 Å². The number of para-hydroxylation sites is 1. The molecule has 0 bridgehead atoms.